The summed E-state index contributed by atoms with van der Waals surface area (Å²) in [5.41, 5.74) is 5.66. The van der Waals surface area contributed by atoms with E-state index in [0.29, 0.717) is 5.56 Å². The number of nitro benzene ring substituents is 1. The number of nitro groups is 1. The summed E-state index contributed by atoms with van der Waals surface area (Å²) in [6.07, 6.45) is 0. The first-order valence-corrected chi connectivity index (χ1v) is 6.72. The molecule has 0 atom stereocenters. The summed E-state index contributed by atoms with van der Waals surface area (Å²) in [6, 6.07) is 13.2. The van der Waals surface area contributed by atoms with E-state index in [9.17, 15) is 14.9 Å². The van der Waals surface area contributed by atoms with Gasteiger partial charge in [-0.15, -0.1) is 0 Å². The number of anilines is 1. The Morgan fingerprint density at radius 1 is 1.10 bits per heavy atom. The van der Waals surface area contributed by atoms with Crippen molar-refractivity contribution in [3.8, 4) is 0 Å². The van der Waals surface area contributed by atoms with Crippen LogP contribution in [-0.4, -0.2) is 10.8 Å². The predicted octanol–water partition coefficient (Wildman–Crippen LogP) is 2.96. The molecule has 2 aromatic rings. The van der Waals surface area contributed by atoms with Crippen molar-refractivity contribution in [1.29, 1.82) is 0 Å². The van der Waals surface area contributed by atoms with Gasteiger partial charge in [0, 0.05) is 9.64 Å². The number of hydrazine groups is 1. The van der Waals surface area contributed by atoms with E-state index in [4.69, 9.17) is 0 Å². The van der Waals surface area contributed by atoms with Crippen LogP contribution in [0.5, 0.6) is 0 Å². The van der Waals surface area contributed by atoms with Gasteiger partial charge < -0.3 is 0 Å². The average Bonchev–Trinajstić information content (AvgIpc) is 2.45. The minimum absolute atomic E-state index is 0.101. The fourth-order valence-electron chi connectivity index (χ4n) is 1.58. The van der Waals surface area contributed by atoms with Gasteiger partial charge in [-0.1, -0.05) is 24.3 Å². The van der Waals surface area contributed by atoms with Crippen molar-refractivity contribution in [3.05, 3.63) is 67.8 Å². The van der Waals surface area contributed by atoms with Crippen molar-refractivity contribution >= 4 is 39.9 Å². The molecule has 7 heteroatoms. The fourth-order valence-corrected chi connectivity index (χ4v) is 2.21. The van der Waals surface area contributed by atoms with Crippen LogP contribution in [0.4, 0.5) is 11.4 Å². The molecule has 0 unspecified atom stereocenters. The molecular weight excluding hydrogens is 373 g/mol. The van der Waals surface area contributed by atoms with Gasteiger partial charge in [-0.3, -0.25) is 25.8 Å². The van der Waals surface area contributed by atoms with Crippen LogP contribution in [0.3, 0.4) is 0 Å². The number of para-hydroxylation sites is 2. The maximum atomic E-state index is 12.0. The summed E-state index contributed by atoms with van der Waals surface area (Å²) in [4.78, 5) is 22.3. The second-order valence-electron chi connectivity index (χ2n) is 3.83. The van der Waals surface area contributed by atoms with Crippen LogP contribution in [0.2, 0.25) is 0 Å². The second-order valence-corrected chi connectivity index (χ2v) is 5.00. The zero-order valence-electron chi connectivity index (χ0n) is 10.2. The summed E-state index contributed by atoms with van der Waals surface area (Å²) < 4.78 is 0.798. The van der Waals surface area contributed by atoms with Crippen LogP contribution >= 0.6 is 22.6 Å². The molecule has 0 aliphatic heterocycles. The van der Waals surface area contributed by atoms with Crippen molar-refractivity contribution in [3.63, 3.8) is 0 Å². The fraction of sp³-hybridized carbons (Fsp3) is 0. The zero-order chi connectivity index (χ0) is 14.5. The van der Waals surface area contributed by atoms with Gasteiger partial charge in [-0.05, 0) is 40.8 Å². The third-order valence-corrected chi connectivity index (χ3v) is 3.47. The van der Waals surface area contributed by atoms with Gasteiger partial charge in [0.1, 0.15) is 5.69 Å². The topological polar surface area (TPSA) is 84.3 Å². The molecule has 0 saturated heterocycles. The van der Waals surface area contributed by atoms with Crippen LogP contribution in [0.25, 0.3) is 0 Å². The lowest BCUT2D eigenvalue weighted by molar-refractivity contribution is -0.384. The summed E-state index contributed by atoms with van der Waals surface area (Å²) in [5, 5.41) is 10.8. The van der Waals surface area contributed by atoms with E-state index in [0.717, 1.165) is 3.57 Å². The SMILES string of the molecule is O=C(NNc1ccccc1[N+](=O)[O-])c1ccccc1I. The van der Waals surface area contributed by atoms with Crippen molar-refractivity contribution in [2.75, 3.05) is 5.43 Å². The summed E-state index contributed by atoms with van der Waals surface area (Å²) in [7, 11) is 0. The van der Waals surface area contributed by atoms with E-state index in [2.05, 4.69) is 33.4 Å². The van der Waals surface area contributed by atoms with Crippen molar-refractivity contribution in [2.24, 2.45) is 0 Å². The third-order valence-electron chi connectivity index (χ3n) is 2.53. The molecule has 0 spiro atoms. The Kier molecular flexibility index (Phi) is 4.51. The normalized spacial score (nSPS) is 9.85. The average molecular weight is 383 g/mol. The molecule has 0 fully saturated rings. The van der Waals surface area contributed by atoms with E-state index < -0.39 is 4.92 Å². The highest BCUT2D eigenvalue weighted by atomic mass is 127. The number of benzene rings is 2. The number of carbonyl (C=O) groups excluding carboxylic acids is 1. The molecule has 0 saturated carbocycles. The molecule has 2 rings (SSSR count). The van der Waals surface area contributed by atoms with Gasteiger partial charge in [0.15, 0.2) is 0 Å². The lowest BCUT2D eigenvalue weighted by atomic mass is 10.2. The molecule has 2 aromatic carbocycles. The van der Waals surface area contributed by atoms with Crippen LogP contribution in [0.1, 0.15) is 10.4 Å². The molecule has 102 valence electrons. The highest BCUT2D eigenvalue weighted by molar-refractivity contribution is 14.1. The lowest BCUT2D eigenvalue weighted by Gasteiger charge is -2.09. The van der Waals surface area contributed by atoms with Crippen LogP contribution in [0, 0.1) is 13.7 Å². The molecule has 0 aliphatic carbocycles. The van der Waals surface area contributed by atoms with Crippen LogP contribution < -0.4 is 10.9 Å². The molecule has 0 heterocycles. The number of hydrogen-bond acceptors (Lipinski definition) is 4. The number of nitrogens with zero attached hydrogens (tertiary/aromatic N) is 1. The molecule has 20 heavy (non-hydrogen) atoms. The largest absolute Gasteiger partial charge is 0.294 e. The van der Waals surface area contributed by atoms with Gasteiger partial charge in [-0.2, -0.15) is 0 Å². The van der Waals surface area contributed by atoms with E-state index >= 15 is 0 Å². The van der Waals surface area contributed by atoms with Crippen molar-refractivity contribution < 1.29 is 9.72 Å². The van der Waals surface area contributed by atoms with Crippen LogP contribution in [0.15, 0.2) is 48.5 Å². The number of hydrogen-bond donors (Lipinski definition) is 2. The Morgan fingerprint density at radius 2 is 1.75 bits per heavy atom. The maximum absolute atomic E-state index is 12.0. The first-order valence-electron chi connectivity index (χ1n) is 5.64. The molecule has 0 bridgehead atoms. The Bertz CT molecular complexity index is 661. The van der Waals surface area contributed by atoms with E-state index in [-0.39, 0.29) is 17.3 Å². The first-order chi connectivity index (χ1) is 9.59. The van der Waals surface area contributed by atoms with Gasteiger partial charge in [-0.25, -0.2) is 0 Å². The van der Waals surface area contributed by atoms with E-state index in [1.165, 1.54) is 12.1 Å². The van der Waals surface area contributed by atoms with E-state index in [1.807, 2.05) is 6.07 Å². The number of carbonyl (C=O) groups is 1. The van der Waals surface area contributed by atoms with Crippen LogP contribution in [-0.2, 0) is 0 Å². The second kappa shape index (κ2) is 6.33. The molecule has 0 radical (unpaired) electrons. The van der Waals surface area contributed by atoms with Gasteiger partial charge in [0.05, 0.1) is 10.5 Å². The van der Waals surface area contributed by atoms with E-state index in [1.54, 1.807) is 30.3 Å². The Hall–Kier alpha value is -2.16. The molecule has 1 amide bonds. The number of halogens is 1. The molecule has 2 N–H and O–H groups in total. The molecule has 0 aliphatic rings. The van der Waals surface area contributed by atoms with Crippen molar-refractivity contribution in [2.45, 2.75) is 0 Å². The maximum Gasteiger partial charge on any atom is 0.294 e. The quantitative estimate of drug-likeness (QED) is 0.483. The molecular formula is C13H10IN3O3. The number of rotatable bonds is 4. The minimum atomic E-state index is -0.513. The summed E-state index contributed by atoms with van der Waals surface area (Å²) in [5.74, 6) is -0.354. The Morgan fingerprint density at radius 3 is 2.45 bits per heavy atom. The Labute approximate surface area is 128 Å². The standard InChI is InChI=1S/C13H10IN3O3/c14-10-6-2-1-5-9(10)13(18)16-15-11-7-3-4-8-12(11)17(19)20/h1-8,15H,(H,16,18). The van der Waals surface area contributed by atoms with Gasteiger partial charge in [0.25, 0.3) is 11.6 Å². The highest BCUT2D eigenvalue weighted by Gasteiger charge is 2.14. The summed E-state index contributed by atoms with van der Waals surface area (Å²) in [6.45, 7) is 0. The number of amides is 1. The first kappa shape index (κ1) is 14.3. The Balaban J connectivity index is 2.12. The number of nitrogens with one attached hydrogen (secondary N) is 2. The van der Waals surface area contributed by atoms with Gasteiger partial charge >= 0.3 is 0 Å². The third kappa shape index (κ3) is 3.23. The zero-order valence-corrected chi connectivity index (χ0v) is 12.3. The smallest absolute Gasteiger partial charge is 0.292 e. The predicted molar refractivity (Wildman–Crippen MR) is 83.3 cm³/mol. The molecule has 6 nitrogen and oxygen atoms in total. The lowest BCUT2D eigenvalue weighted by Crippen LogP contribution is -2.30. The highest BCUT2D eigenvalue weighted by Crippen LogP contribution is 2.22. The van der Waals surface area contributed by atoms with Crippen molar-refractivity contribution in [1.82, 2.24) is 5.43 Å². The minimum Gasteiger partial charge on any atom is -0.292 e. The molecule has 0 aromatic heterocycles. The summed E-state index contributed by atoms with van der Waals surface area (Å²) >= 11 is 2.05. The monoisotopic (exact) mass is 383 g/mol. The van der Waals surface area contributed by atoms with Gasteiger partial charge in [0.2, 0.25) is 0 Å².